The zero-order valence-electron chi connectivity index (χ0n) is 81.7. The van der Waals surface area contributed by atoms with Gasteiger partial charge < -0.3 is 9.80 Å². The quantitative estimate of drug-likeness (QED) is 0.120. The molecule has 16 aromatic carbocycles. The van der Waals surface area contributed by atoms with Crippen LogP contribution in [-0.4, -0.2) is 0 Å². The molecule has 20 rings (SSSR count). The highest BCUT2D eigenvalue weighted by atomic mass is 15.1. The Hall–Kier alpha value is -12.9. The third-order valence-electron chi connectivity index (χ3n) is 29.8. The first kappa shape index (κ1) is 87.4. The smallest absolute Gasteiger partial charge is 0.0474 e. The van der Waals surface area contributed by atoms with E-state index < -0.39 is 0 Å². The van der Waals surface area contributed by atoms with Gasteiger partial charge in [0.2, 0.25) is 0 Å². The van der Waals surface area contributed by atoms with Crippen molar-refractivity contribution in [2.24, 2.45) is 0 Å². The van der Waals surface area contributed by atoms with E-state index in [2.05, 4.69) is 516 Å². The van der Waals surface area contributed by atoms with Crippen molar-refractivity contribution in [3.63, 3.8) is 0 Å². The van der Waals surface area contributed by atoms with Crippen molar-refractivity contribution in [3.8, 4) is 111 Å². The molecule has 16 aromatic rings. The second-order valence-electron chi connectivity index (χ2n) is 45.1. The number of anilines is 6. The topological polar surface area (TPSA) is 6.48 Å². The molecule has 0 spiro atoms. The maximum Gasteiger partial charge on any atom is 0.0474 e. The first-order chi connectivity index (χ1) is 62.0. The van der Waals surface area contributed by atoms with Gasteiger partial charge in [0.05, 0.1) is 0 Å². The van der Waals surface area contributed by atoms with Gasteiger partial charge >= 0.3 is 0 Å². The second-order valence-corrected chi connectivity index (χ2v) is 45.1. The lowest BCUT2D eigenvalue weighted by atomic mass is 9.75. The molecule has 0 atom stereocenters. The summed E-state index contributed by atoms with van der Waals surface area (Å²) in [7, 11) is 0. The van der Waals surface area contributed by atoms with E-state index >= 15 is 0 Å². The molecule has 0 N–H and O–H groups in total. The lowest BCUT2D eigenvalue weighted by Crippen LogP contribution is -2.18. The number of hydrogen-bond acceptors (Lipinski definition) is 2. The average molecular weight is 1710 g/mol. The molecule has 0 aromatic heterocycles. The standard InChI is InChI=1S/C66H67N.C63H61N/c1-62(2,3)46-28-22-42(23-29-46)43-24-32-48(33-25-43)67(49-34-30-47(31-35-49)63(4,5)6)50-40-55(44-26-36-53-51-18-14-16-20-57(51)65(10,11)59(53)38-44)61(64(7,8)9)56(41-50)45-27-37-54-52-19-15-17-21-58(52)66(12,13)60(54)39-45;1-40-54(43-24-34-52-50-16-12-14-18-56(50)62(8,9)58(52)36-43)38-49(39-55(40)44-25-35-53-51-17-13-15-19-57(51)63(10,11)59(53)37-44)64(48-32-28-46(29-33-48)61(5,6)7)47-30-22-42(23-31-47)41-20-26-45(27-21-41)60(2,3)4/h14-41H,1-13H3;12-39H,1-11H3. The molecule has 0 saturated carbocycles. The Morgan fingerprint density at radius 2 is 0.359 bits per heavy atom. The van der Waals surface area contributed by atoms with Gasteiger partial charge in [-0.3, -0.25) is 0 Å². The van der Waals surface area contributed by atoms with Gasteiger partial charge in [-0.25, -0.2) is 0 Å². The van der Waals surface area contributed by atoms with E-state index in [0.717, 1.165) is 34.1 Å². The molecular formula is C129H128N2. The molecule has 4 aliphatic carbocycles. The summed E-state index contributed by atoms with van der Waals surface area (Å²) in [6, 6.07) is 130. The molecule has 4 aliphatic rings. The fourth-order valence-electron chi connectivity index (χ4n) is 22.0. The first-order valence-corrected chi connectivity index (χ1v) is 47.6. The molecular weight excluding hydrogens is 1580 g/mol. The molecule has 0 unspecified atom stereocenters. The molecule has 0 heterocycles. The number of benzene rings is 16. The Morgan fingerprint density at radius 1 is 0.168 bits per heavy atom. The Balaban J connectivity index is 0.000000170. The van der Waals surface area contributed by atoms with Crippen LogP contribution in [0.4, 0.5) is 34.1 Å². The molecule has 0 aliphatic heterocycles. The van der Waals surface area contributed by atoms with Crippen LogP contribution < -0.4 is 9.80 Å². The largest absolute Gasteiger partial charge is 0.310 e. The van der Waals surface area contributed by atoms with Crippen LogP contribution in [0.25, 0.3) is 111 Å². The van der Waals surface area contributed by atoms with E-state index in [1.807, 2.05) is 0 Å². The van der Waals surface area contributed by atoms with Crippen LogP contribution in [0.1, 0.15) is 237 Å². The third-order valence-corrected chi connectivity index (χ3v) is 29.8. The highest BCUT2D eigenvalue weighted by molar-refractivity contribution is 5.96. The lowest BCUT2D eigenvalue weighted by molar-refractivity contribution is 0.590. The van der Waals surface area contributed by atoms with Gasteiger partial charge in [0.1, 0.15) is 0 Å². The van der Waals surface area contributed by atoms with Crippen LogP contribution in [0, 0.1) is 6.92 Å². The minimum Gasteiger partial charge on any atom is -0.310 e. The van der Waals surface area contributed by atoms with E-state index in [1.54, 1.807) is 0 Å². The van der Waals surface area contributed by atoms with Gasteiger partial charge in [-0.2, -0.15) is 0 Å². The van der Waals surface area contributed by atoms with Crippen molar-refractivity contribution >= 4 is 34.1 Å². The molecule has 0 fully saturated rings. The van der Waals surface area contributed by atoms with E-state index in [0.29, 0.717) is 0 Å². The first-order valence-electron chi connectivity index (χ1n) is 47.6. The maximum atomic E-state index is 2.51. The molecule has 0 radical (unpaired) electrons. The van der Waals surface area contributed by atoms with E-state index in [1.165, 1.54) is 189 Å². The predicted octanol–water partition coefficient (Wildman–Crippen LogP) is 36.3. The fourth-order valence-corrected chi connectivity index (χ4v) is 22.0. The predicted molar refractivity (Wildman–Crippen MR) is 563 cm³/mol. The molecule has 0 amide bonds. The van der Waals surface area contributed by atoms with Gasteiger partial charge in [0.25, 0.3) is 0 Å². The maximum absolute atomic E-state index is 2.51. The van der Waals surface area contributed by atoms with Gasteiger partial charge in [-0.1, -0.05) is 402 Å². The van der Waals surface area contributed by atoms with E-state index in [9.17, 15) is 0 Å². The SMILES string of the molecule is CC(C)(C)c1ccc(-c2ccc(N(c3ccc(C(C)(C)C)cc3)c3cc(-c4ccc5c(c4)C(C)(C)c4ccccc4-5)c(C(C)(C)C)c(-c4ccc5c(c4)C(C)(C)c4ccccc4-5)c3)cc2)cc1.Cc1c(-c2ccc3c(c2)C(C)(C)c2ccccc2-3)cc(N(c2ccc(-c3ccc(C(C)(C)C)cc3)cc2)c2ccc(C(C)(C)C)cc2)cc1-c1ccc2c(c1)C(C)(C)c1ccccc1-2. The van der Waals surface area contributed by atoms with E-state index in [-0.39, 0.29) is 48.7 Å². The summed E-state index contributed by atoms with van der Waals surface area (Å²) < 4.78 is 0. The summed E-state index contributed by atoms with van der Waals surface area (Å²) >= 11 is 0. The Morgan fingerprint density at radius 3 is 0.595 bits per heavy atom. The van der Waals surface area contributed by atoms with Crippen LogP contribution in [-0.2, 0) is 48.7 Å². The molecule has 131 heavy (non-hydrogen) atoms. The number of hydrogen-bond donors (Lipinski definition) is 0. The number of rotatable bonds is 12. The molecule has 0 saturated heterocycles. The van der Waals surface area contributed by atoms with E-state index in [4.69, 9.17) is 0 Å². The average Bonchev–Trinajstić information content (AvgIpc) is 1.69. The summed E-state index contributed by atoms with van der Waals surface area (Å²) in [5, 5.41) is 0. The van der Waals surface area contributed by atoms with Crippen molar-refractivity contribution in [1.29, 1.82) is 0 Å². The Bertz CT molecular complexity index is 6880. The summed E-state index contributed by atoms with van der Waals surface area (Å²) in [5.74, 6) is 0. The van der Waals surface area contributed by atoms with Crippen LogP contribution in [0.3, 0.4) is 0 Å². The molecule has 654 valence electrons. The highest BCUT2D eigenvalue weighted by Gasteiger charge is 2.41. The van der Waals surface area contributed by atoms with Gasteiger partial charge in [0, 0.05) is 55.8 Å². The van der Waals surface area contributed by atoms with Crippen LogP contribution in [0.5, 0.6) is 0 Å². The molecule has 2 heteroatoms. The van der Waals surface area contributed by atoms with Gasteiger partial charge in [-0.05, 0) is 320 Å². The van der Waals surface area contributed by atoms with Gasteiger partial charge in [0.15, 0.2) is 0 Å². The normalized spacial score (nSPS) is 14.5. The van der Waals surface area contributed by atoms with Crippen LogP contribution >= 0.6 is 0 Å². The van der Waals surface area contributed by atoms with Crippen LogP contribution in [0.2, 0.25) is 0 Å². The minimum absolute atomic E-state index is 0.0320. The Kier molecular flexibility index (Phi) is 21.2. The van der Waals surface area contributed by atoms with Crippen molar-refractivity contribution in [1.82, 2.24) is 0 Å². The summed E-state index contributed by atoms with van der Waals surface area (Å²) in [6.07, 6.45) is 0. The lowest BCUT2D eigenvalue weighted by Gasteiger charge is -2.33. The monoisotopic (exact) mass is 1710 g/mol. The van der Waals surface area contributed by atoms with Crippen LogP contribution in [0.15, 0.2) is 340 Å². The summed E-state index contributed by atoms with van der Waals surface area (Å²) in [6.45, 7) is 56.0. The van der Waals surface area contributed by atoms with Crippen molar-refractivity contribution in [2.45, 2.75) is 215 Å². The highest BCUT2D eigenvalue weighted by Crippen LogP contribution is 2.58. The number of nitrogens with zero attached hydrogens (tertiary/aromatic N) is 2. The number of fused-ring (bicyclic) bond motifs is 12. The molecule has 2 nitrogen and oxygen atoms in total. The zero-order valence-corrected chi connectivity index (χ0v) is 81.7. The second kappa shape index (κ2) is 31.7. The third kappa shape index (κ3) is 15.4. The van der Waals surface area contributed by atoms with Gasteiger partial charge in [-0.15, -0.1) is 0 Å². The van der Waals surface area contributed by atoms with Crippen molar-refractivity contribution in [3.05, 3.63) is 418 Å². The zero-order chi connectivity index (χ0) is 92.3. The minimum atomic E-state index is -0.193. The fraction of sp³-hybridized carbons (Fsp3) is 0.256. The summed E-state index contributed by atoms with van der Waals surface area (Å²) in [4.78, 5) is 4.95. The Labute approximate surface area is 782 Å². The summed E-state index contributed by atoms with van der Waals surface area (Å²) in [5.41, 5.74) is 51.1. The van der Waals surface area contributed by atoms with Crippen molar-refractivity contribution < 1.29 is 0 Å². The van der Waals surface area contributed by atoms with Crippen molar-refractivity contribution in [2.75, 3.05) is 9.80 Å². The molecule has 0 bridgehead atoms.